The van der Waals surface area contributed by atoms with Gasteiger partial charge in [-0.05, 0) is 42.8 Å². The second kappa shape index (κ2) is 8.82. The van der Waals surface area contributed by atoms with Crippen LogP contribution in [0.15, 0.2) is 78.9 Å². The molecule has 3 aromatic carbocycles. The van der Waals surface area contributed by atoms with Crippen LogP contribution in [0.2, 0.25) is 0 Å². The molecule has 0 saturated carbocycles. The van der Waals surface area contributed by atoms with Gasteiger partial charge in [-0.1, -0.05) is 36.4 Å². The number of amides is 1. The van der Waals surface area contributed by atoms with Crippen LogP contribution in [-0.2, 0) is 4.79 Å². The Morgan fingerprint density at radius 3 is 2.47 bits per heavy atom. The van der Waals surface area contributed by atoms with Crippen molar-refractivity contribution < 1.29 is 23.0 Å². The van der Waals surface area contributed by atoms with Crippen molar-refractivity contribution in [3.63, 3.8) is 0 Å². The van der Waals surface area contributed by atoms with Crippen LogP contribution in [0.1, 0.15) is 6.42 Å². The molecule has 0 radical (unpaired) electrons. The van der Waals surface area contributed by atoms with Gasteiger partial charge in [0, 0.05) is 18.3 Å². The van der Waals surface area contributed by atoms with Gasteiger partial charge in [0.05, 0.1) is 5.69 Å². The highest BCUT2D eigenvalue weighted by molar-refractivity contribution is 6.02. The van der Waals surface area contributed by atoms with E-state index in [1.807, 2.05) is 54.6 Å². The number of para-hydroxylation sites is 3. The number of ether oxygens (including phenoxy) is 2. The number of anilines is 2. The smallest absolute Gasteiger partial charge is 0.387 e. The van der Waals surface area contributed by atoms with E-state index in [0.717, 1.165) is 5.69 Å². The molecule has 1 atom stereocenters. The Kier molecular flexibility index (Phi) is 5.79. The van der Waals surface area contributed by atoms with Crippen molar-refractivity contribution in [1.29, 1.82) is 0 Å². The largest absolute Gasteiger partial charge is 0.457 e. The molecule has 154 valence electrons. The Labute approximate surface area is 172 Å². The molecule has 7 heteroatoms. The van der Waals surface area contributed by atoms with Crippen LogP contribution in [0.25, 0.3) is 0 Å². The molecule has 1 amide bonds. The first-order valence-electron chi connectivity index (χ1n) is 9.55. The molecule has 0 bridgehead atoms. The zero-order chi connectivity index (χ0) is 20.9. The molecule has 1 N–H and O–H groups in total. The molecule has 0 aliphatic carbocycles. The fraction of sp³-hybridized carbons (Fsp3) is 0.174. The Hall–Kier alpha value is -3.61. The van der Waals surface area contributed by atoms with Gasteiger partial charge >= 0.3 is 6.61 Å². The van der Waals surface area contributed by atoms with E-state index < -0.39 is 12.7 Å². The Morgan fingerprint density at radius 1 is 0.933 bits per heavy atom. The van der Waals surface area contributed by atoms with Crippen LogP contribution < -0.4 is 19.7 Å². The van der Waals surface area contributed by atoms with Crippen LogP contribution in [0, 0.1) is 0 Å². The highest BCUT2D eigenvalue weighted by Crippen LogP contribution is 2.33. The van der Waals surface area contributed by atoms with E-state index in [0.29, 0.717) is 30.2 Å². The van der Waals surface area contributed by atoms with E-state index in [9.17, 15) is 13.6 Å². The average molecular weight is 410 g/mol. The summed E-state index contributed by atoms with van der Waals surface area (Å²) in [5.41, 5.74) is 1.08. The average Bonchev–Trinajstić information content (AvgIpc) is 3.09. The molecule has 1 aliphatic heterocycles. The van der Waals surface area contributed by atoms with Crippen molar-refractivity contribution in [3.8, 4) is 17.2 Å². The third-order valence-corrected chi connectivity index (χ3v) is 4.73. The number of nitrogens with zero attached hydrogens (tertiary/aromatic N) is 1. The SMILES string of the molecule is O=C1C(Nc2cccc(Oc3ccccc3)c2)CCN1c1ccccc1OC(F)F. The topological polar surface area (TPSA) is 50.8 Å². The maximum Gasteiger partial charge on any atom is 0.387 e. The number of carbonyl (C=O) groups excluding carboxylic acids is 1. The fourth-order valence-corrected chi connectivity index (χ4v) is 3.40. The van der Waals surface area contributed by atoms with Gasteiger partial charge in [-0.25, -0.2) is 0 Å². The lowest BCUT2D eigenvalue weighted by atomic mass is 10.2. The molecule has 0 spiro atoms. The second-order valence-corrected chi connectivity index (χ2v) is 6.76. The van der Waals surface area contributed by atoms with Crippen LogP contribution >= 0.6 is 0 Å². The summed E-state index contributed by atoms with van der Waals surface area (Å²) in [5, 5.41) is 3.22. The van der Waals surface area contributed by atoms with Crippen LogP contribution in [-0.4, -0.2) is 25.1 Å². The molecule has 1 heterocycles. The first-order valence-corrected chi connectivity index (χ1v) is 9.55. The summed E-state index contributed by atoms with van der Waals surface area (Å²) in [6, 6.07) is 22.6. The molecule has 4 rings (SSSR count). The molecular formula is C23H20F2N2O3. The summed E-state index contributed by atoms with van der Waals surface area (Å²) in [7, 11) is 0. The minimum Gasteiger partial charge on any atom is -0.457 e. The maximum atomic E-state index is 12.9. The summed E-state index contributed by atoms with van der Waals surface area (Å²) >= 11 is 0. The highest BCUT2D eigenvalue weighted by Gasteiger charge is 2.34. The van der Waals surface area contributed by atoms with Crippen molar-refractivity contribution in [1.82, 2.24) is 0 Å². The Bertz CT molecular complexity index is 1010. The fourth-order valence-electron chi connectivity index (χ4n) is 3.40. The van der Waals surface area contributed by atoms with Gasteiger partial charge in [-0.3, -0.25) is 4.79 Å². The molecule has 1 unspecified atom stereocenters. The van der Waals surface area contributed by atoms with Crippen molar-refractivity contribution in [2.75, 3.05) is 16.8 Å². The van der Waals surface area contributed by atoms with Gasteiger partial charge in [0.1, 0.15) is 23.3 Å². The number of rotatable bonds is 7. The summed E-state index contributed by atoms with van der Waals surface area (Å²) in [6.45, 7) is -2.55. The Balaban J connectivity index is 1.46. The van der Waals surface area contributed by atoms with E-state index in [-0.39, 0.29) is 11.7 Å². The molecule has 3 aromatic rings. The lowest BCUT2D eigenvalue weighted by Gasteiger charge is -2.20. The molecular weight excluding hydrogens is 390 g/mol. The zero-order valence-electron chi connectivity index (χ0n) is 16.0. The number of alkyl halides is 2. The summed E-state index contributed by atoms with van der Waals surface area (Å²) in [4.78, 5) is 14.4. The lowest BCUT2D eigenvalue weighted by Crippen LogP contribution is -2.33. The predicted octanol–water partition coefficient (Wildman–Crippen LogP) is 5.30. The van der Waals surface area contributed by atoms with E-state index in [4.69, 9.17) is 4.74 Å². The van der Waals surface area contributed by atoms with E-state index in [2.05, 4.69) is 10.1 Å². The van der Waals surface area contributed by atoms with Crippen molar-refractivity contribution in [2.45, 2.75) is 19.1 Å². The third-order valence-electron chi connectivity index (χ3n) is 4.73. The monoisotopic (exact) mass is 410 g/mol. The van der Waals surface area contributed by atoms with Crippen LogP contribution in [0.3, 0.4) is 0 Å². The van der Waals surface area contributed by atoms with Crippen molar-refractivity contribution in [2.24, 2.45) is 0 Å². The van der Waals surface area contributed by atoms with Crippen LogP contribution in [0.4, 0.5) is 20.2 Å². The summed E-state index contributed by atoms with van der Waals surface area (Å²) < 4.78 is 35.8. The molecule has 0 aromatic heterocycles. The number of hydrogen-bond acceptors (Lipinski definition) is 4. The number of benzene rings is 3. The minimum atomic E-state index is -2.95. The van der Waals surface area contributed by atoms with E-state index >= 15 is 0 Å². The lowest BCUT2D eigenvalue weighted by molar-refractivity contribution is -0.117. The van der Waals surface area contributed by atoms with Crippen LogP contribution in [0.5, 0.6) is 17.2 Å². The summed E-state index contributed by atoms with van der Waals surface area (Å²) in [6.07, 6.45) is 0.533. The normalized spacial score (nSPS) is 16.0. The second-order valence-electron chi connectivity index (χ2n) is 6.76. The van der Waals surface area contributed by atoms with Gasteiger partial charge in [-0.2, -0.15) is 8.78 Å². The summed E-state index contributed by atoms with van der Waals surface area (Å²) in [5.74, 6) is 1.15. The third kappa shape index (κ3) is 4.51. The van der Waals surface area contributed by atoms with Gasteiger partial charge in [0.2, 0.25) is 5.91 Å². The van der Waals surface area contributed by atoms with E-state index in [1.54, 1.807) is 18.2 Å². The first-order chi connectivity index (χ1) is 14.6. The highest BCUT2D eigenvalue weighted by atomic mass is 19.3. The molecule has 30 heavy (non-hydrogen) atoms. The Morgan fingerprint density at radius 2 is 1.67 bits per heavy atom. The number of carbonyl (C=O) groups is 1. The van der Waals surface area contributed by atoms with Gasteiger partial charge in [0.25, 0.3) is 0 Å². The number of halogens is 2. The molecule has 1 fully saturated rings. The quantitative estimate of drug-likeness (QED) is 0.575. The predicted molar refractivity (Wildman–Crippen MR) is 110 cm³/mol. The number of hydrogen-bond donors (Lipinski definition) is 1. The zero-order valence-corrected chi connectivity index (χ0v) is 16.0. The van der Waals surface area contributed by atoms with Gasteiger partial charge < -0.3 is 19.7 Å². The minimum absolute atomic E-state index is 0.0141. The maximum absolute atomic E-state index is 12.9. The van der Waals surface area contributed by atoms with Gasteiger partial charge in [-0.15, -0.1) is 0 Å². The van der Waals surface area contributed by atoms with Crippen molar-refractivity contribution >= 4 is 17.3 Å². The molecule has 1 saturated heterocycles. The van der Waals surface area contributed by atoms with Crippen molar-refractivity contribution in [3.05, 3.63) is 78.9 Å². The van der Waals surface area contributed by atoms with Gasteiger partial charge in [0.15, 0.2) is 0 Å². The first kappa shape index (κ1) is 19.7. The molecule has 5 nitrogen and oxygen atoms in total. The number of nitrogens with one attached hydrogen (secondary N) is 1. The van der Waals surface area contributed by atoms with E-state index in [1.165, 1.54) is 11.0 Å². The molecule has 1 aliphatic rings. The standard InChI is InChI=1S/C23H20F2N2O3/c24-23(25)30-21-12-5-4-11-20(21)27-14-13-19(22(27)28)26-16-7-6-10-18(15-16)29-17-8-2-1-3-9-17/h1-12,15,19,23,26H,13-14H2.